The van der Waals surface area contributed by atoms with Crippen molar-refractivity contribution in [1.29, 1.82) is 0 Å². The summed E-state index contributed by atoms with van der Waals surface area (Å²) in [6, 6.07) is 6.33. The number of halogens is 1. The maximum absolute atomic E-state index is 13.1. The van der Waals surface area contributed by atoms with E-state index in [1.54, 1.807) is 19.2 Å². The van der Waals surface area contributed by atoms with Crippen molar-refractivity contribution < 1.29 is 13.9 Å². The SMILES string of the molecule is COCC1(CNC(=O)C2(c3ccc(F)cc3)CC2)CCNCC1. The smallest absolute Gasteiger partial charge is 0.230 e. The van der Waals surface area contributed by atoms with Crippen molar-refractivity contribution in [3.8, 4) is 0 Å². The van der Waals surface area contributed by atoms with Crippen LogP contribution in [0.15, 0.2) is 24.3 Å². The highest BCUT2D eigenvalue weighted by molar-refractivity contribution is 5.91. The number of piperidine rings is 1. The van der Waals surface area contributed by atoms with Gasteiger partial charge in [-0.1, -0.05) is 12.1 Å². The van der Waals surface area contributed by atoms with E-state index < -0.39 is 5.41 Å². The highest BCUT2D eigenvalue weighted by Crippen LogP contribution is 2.48. The van der Waals surface area contributed by atoms with Crippen LogP contribution in [0.5, 0.6) is 0 Å². The quantitative estimate of drug-likeness (QED) is 0.843. The van der Waals surface area contributed by atoms with Crippen LogP contribution in [0.4, 0.5) is 4.39 Å². The monoisotopic (exact) mass is 320 g/mol. The third kappa shape index (κ3) is 3.40. The molecule has 1 aliphatic carbocycles. The van der Waals surface area contributed by atoms with Gasteiger partial charge in [0.25, 0.3) is 0 Å². The van der Waals surface area contributed by atoms with Gasteiger partial charge in [0.15, 0.2) is 0 Å². The molecule has 4 nitrogen and oxygen atoms in total. The van der Waals surface area contributed by atoms with E-state index in [1.165, 1.54) is 12.1 Å². The highest BCUT2D eigenvalue weighted by atomic mass is 19.1. The van der Waals surface area contributed by atoms with Crippen LogP contribution < -0.4 is 10.6 Å². The standard InChI is InChI=1S/C18H25FN2O2/c1-23-13-17(8-10-20-11-9-17)12-21-16(22)18(6-7-18)14-2-4-15(19)5-3-14/h2-5,20H,6-13H2,1H3,(H,21,22). The fourth-order valence-electron chi connectivity index (χ4n) is 3.61. The zero-order chi connectivity index (χ0) is 16.3. The second kappa shape index (κ2) is 6.57. The number of rotatable bonds is 6. The number of hydrogen-bond donors (Lipinski definition) is 2. The molecule has 1 aromatic rings. The molecule has 1 aliphatic heterocycles. The molecule has 0 unspecified atom stereocenters. The van der Waals surface area contributed by atoms with E-state index >= 15 is 0 Å². The summed E-state index contributed by atoms with van der Waals surface area (Å²) in [6.45, 7) is 3.23. The molecular weight excluding hydrogens is 295 g/mol. The Balaban J connectivity index is 1.65. The van der Waals surface area contributed by atoms with E-state index in [1.807, 2.05) is 0 Å². The Morgan fingerprint density at radius 3 is 2.43 bits per heavy atom. The molecule has 1 saturated carbocycles. The molecule has 3 rings (SSSR count). The lowest BCUT2D eigenvalue weighted by molar-refractivity contribution is -0.124. The van der Waals surface area contributed by atoms with E-state index in [9.17, 15) is 9.18 Å². The number of carbonyl (C=O) groups excluding carboxylic acids is 1. The fraction of sp³-hybridized carbons (Fsp3) is 0.611. The Labute approximate surface area is 136 Å². The minimum Gasteiger partial charge on any atom is -0.384 e. The van der Waals surface area contributed by atoms with Crippen molar-refractivity contribution in [3.63, 3.8) is 0 Å². The first kappa shape index (κ1) is 16.4. The van der Waals surface area contributed by atoms with Crippen LogP contribution in [-0.2, 0) is 14.9 Å². The summed E-state index contributed by atoms with van der Waals surface area (Å²) in [5, 5.41) is 6.51. The molecule has 2 fully saturated rings. The lowest BCUT2D eigenvalue weighted by atomic mass is 9.79. The average molecular weight is 320 g/mol. The molecule has 126 valence electrons. The third-order valence-electron chi connectivity index (χ3n) is 5.32. The fourth-order valence-corrected chi connectivity index (χ4v) is 3.61. The van der Waals surface area contributed by atoms with Gasteiger partial charge in [0, 0.05) is 19.1 Å². The number of benzene rings is 1. The van der Waals surface area contributed by atoms with Crippen LogP contribution in [0.2, 0.25) is 0 Å². The Hall–Kier alpha value is -1.46. The Morgan fingerprint density at radius 1 is 1.22 bits per heavy atom. The van der Waals surface area contributed by atoms with E-state index in [4.69, 9.17) is 4.74 Å². The predicted octanol–water partition coefficient (Wildman–Crippen LogP) is 1.99. The number of nitrogens with one attached hydrogen (secondary N) is 2. The minimum atomic E-state index is -0.450. The normalized spacial score (nSPS) is 21.7. The lowest BCUT2D eigenvalue weighted by Gasteiger charge is -2.37. The summed E-state index contributed by atoms with van der Waals surface area (Å²) in [7, 11) is 1.71. The van der Waals surface area contributed by atoms with E-state index in [0.29, 0.717) is 13.2 Å². The molecule has 0 aromatic heterocycles. The molecule has 0 atom stereocenters. The summed E-state index contributed by atoms with van der Waals surface area (Å²) >= 11 is 0. The van der Waals surface area contributed by atoms with Crippen molar-refractivity contribution in [2.45, 2.75) is 31.1 Å². The van der Waals surface area contributed by atoms with Crippen LogP contribution in [-0.4, -0.2) is 39.3 Å². The Bertz CT molecular complexity index is 543. The molecule has 1 aromatic carbocycles. The zero-order valence-corrected chi connectivity index (χ0v) is 13.7. The van der Waals surface area contributed by atoms with Crippen LogP contribution in [0.3, 0.4) is 0 Å². The molecule has 1 amide bonds. The summed E-state index contributed by atoms with van der Waals surface area (Å²) in [4.78, 5) is 12.7. The van der Waals surface area contributed by atoms with Crippen LogP contribution in [0.1, 0.15) is 31.2 Å². The zero-order valence-electron chi connectivity index (χ0n) is 13.7. The van der Waals surface area contributed by atoms with Gasteiger partial charge >= 0.3 is 0 Å². The van der Waals surface area contributed by atoms with Crippen LogP contribution >= 0.6 is 0 Å². The first-order valence-electron chi connectivity index (χ1n) is 8.34. The van der Waals surface area contributed by atoms with Crippen molar-refractivity contribution >= 4 is 5.91 Å². The number of amides is 1. The predicted molar refractivity (Wildman–Crippen MR) is 86.7 cm³/mol. The molecule has 0 bridgehead atoms. The lowest BCUT2D eigenvalue weighted by Crippen LogP contribution is -2.49. The molecule has 1 heterocycles. The molecular formula is C18H25FN2O2. The second-order valence-electron chi connectivity index (χ2n) is 6.95. The van der Waals surface area contributed by atoms with Gasteiger partial charge < -0.3 is 15.4 Å². The first-order chi connectivity index (χ1) is 11.1. The number of methoxy groups -OCH3 is 1. The largest absolute Gasteiger partial charge is 0.384 e. The average Bonchev–Trinajstić information content (AvgIpc) is 3.36. The minimum absolute atomic E-state index is 0.0224. The van der Waals surface area contributed by atoms with Crippen molar-refractivity contribution in [2.75, 3.05) is 33.4 Å². The van der Waals surface area contributed by atoms with Crippen molar-refractivity contribution in [2.24, 2.45) is 5.41 Å². The molecule has 0 spiro atoms. The maximum Gasteiger partial charge on any atom is 0.230 e. The summed E-state index contributed by atoms with van der Waals surface area (Å²) in [5.74, 6) is -0.197. The Morgan fingerprint density at radius 2 is 1.87 bits per heavy atom. The maximum atomic E-state index is 13.1. The van der Waals surface area contributed by atoms with E-state index in [0.717, 1.165) is 44.3 Å². The third-order valence-corrected chi connectivity index (χ3v) is 5.32. The van der Waals surface area contributed by atoms with E-state index in [2.05, 4.69) is 10.6 Å². The van der Waals surface area contributed by atoms with Gasteiger partial charge in [0.2, 0.25) is 5.91 Å². The van der Waals surface area contributed by atoms with Gasteiger partial charge in [-0.3, -0.25) is 4.79 Å². The van der Waals surface area contributed by atoms with Gasteiger partial charge in [-0.15, -0.1) is 0 Å². The topological polar surface area (TPSA) is 50.4 Å². The first-order valence-corrected chi connectivity index (χ1v) is 8.34. The number of ether oxygens (including phenoxy) is 1. The summed E-state index contributed by atoms with van der Waals surface area (Å²) in [5.41, 5.74) is 0.492. The van der Waals surface area contributed by atoms with Crippen LogP contribution in [0, 0.1) is 11.2 Å². The highest BCUT2D eigenvalue weighted by Gasteiger charge is 2.51. The summed E-state index contributed by atoms with van der Waals surface area (Å²) < 4.78 is 18.5. The molecule has 2 N–H and O–H groups in total. The molecule has 0 radical (unpaired) electrons. The number of hydrogen-bond acceptors (Lipinski definition) is 3. The van der Waals surface area contributed by atoms with Gasteiger partial charge in [0.05, 0.1) is 12.0 Å². The summed E-state index contributed by atoms with van der Waals surface area (Å²) in [6.07, 6.45) is 3.68. The van der Waals surface area contributed by atoms with Crippen molar-refractivity contribution in [1.82, 2.24) is 10.6 Å². The Kier molecular flexibility index (Phi) is 4.69. The number of carbonyl (C=O) groups is 1. The van der Waals surface area contributed by atoms with Gasteiger partial charge in [-0.2, -0.15) is 0 Å². The molecule has 1 saturated heterocycles. The van der Waals surface area contributed by atoms with Gasteiger partial charge in [-0.05, 0) is 56.5 Å². The van der Waals surface area contributed by atoms with Gasteiger partial charge in [0.1, 0.15) is 5.82 Å². The van der Waals surface area contributed by atoms with Gasteiger partial charge in [-0.25, -0.2) is 4.39 Å². The molecule has 5 heteroatoms. The van der Waals surface area contributed by atoms with E-state index in [-0.39, 0.29) is 17.1 Å². The van der Waals surface area contributed by atoms with Crippen molar-refractivity contribution in [3.05, 3.63) is 35.6 Å². The molecule has 2 aliphatic rings. The second-order valence-corrected chi connectivity index (χ2v) is 6.95. The van der Waals surface area contributed by atoms with Crippen LogP contribution in [0.25, 0.3) is 0 Å². The molecule has 23 heavy (non-hydrogen) atoms.